The molecule has 0 bridgehead atoms. The molecule has 160 valence electrons. The van der Waals surface area contributed by atoms with Crippen molar-refractivity contribution in [1.29, 1.82) is 0 Å². The van der Waals surface area contributed by atoms with Gasteiger partial charge < -0.3 is 19.7 Å². The van der Waals surface area contributed by atoms with Gasteiger partial charge in [0.15, 0.2) is 6.61 Å². The molecule has 1 N–H and O–H groups in total. The third-order valence-corrected chi connectivity index (χ3v) is 5.84. The summed E-state index contributed by atoms with van der Waals surface area (Å²) in [5.74, 6) is 0.607. The lowest BCUT2D eigenvalue weighted by Gasteiger charge is -2.31. The minimum absolute atomic E-state index is 0.0308. The second-order valence-electron chi connectivity index (χ2n) is 8.11. The van der Waals surface area contributed by atoms with Crippen LogP contribution < -0.4 is 10.1 Å². The Labute approximate surface area is 173 Å². The molecule has 0 radical (unpaired) electrons. The van der Waals surface area contributed by atoms with Gasteiger partial charge in [-0.25, -0.2) is 0 Å². The zero-order valence-corrected chi connectivity index (χ0v) is 17.6. The van der Waals surface area contributed by atoms with Gasteiger partial charge in [-0.1, -0.05) is 32.6 Å². The molecule has 2 fully saturated rings. The van der Waals surface area contributed by atoms with Crippen LogP contribution in [-0.2, 0) is 14.3 Å². The Balaban J connectivity index is 1.55. The van der Waals surface area contributed by atoms with E-state index < -0.39 is 5.60 Å². The quantitative estimate of drug-likeness (QED) is 0.664. The van der Waals surface area contributed by atoms with Gasteiger partial charge in [0, 0.05) is 25.4 Å². The highest BCUT2D eigenvalue weighted by molar-refractivity contribution is 5.97. The SMILES string of the molecule is CCCOC1(C(=O)Nc2ccc(OCC(=O)N3CCCC3)cc2)CCCCCC1. The molecule has 0 spiro atoms. The lowest BCUT2D eigenvalue weighted by atomic mass is 9.92. The molecule has 2 aliphatic rings. The number of nitrogens with zero attached hydrogens (tertiary/aromatic N) is 1. The van der Waals surface area contributed by atoms with Gasteiger partial charge >= 0.3 is 0 Å². The van der Waals surface area contributed by atoms with Gasteiger partial charge in [0.1, 0.15) is 11.4 Å². The molecule has 1 aliphatic heterocycles. The maximum absolute atomic E-state index is 13.1. The van der Waals surface area contributed by atoms with E-state index in [1.165, 1.54) is 0 Å². The number of rotatable bonds is 8. The number of carbonyl (C=O) groups is 2. The van der Waals surface area contributed by atoms with Crippen molar-refractivity contribution in [3.8, 4) is 5.75 Å². The summed E-state index contributed by atoms with van der Waals surface area (Å²) in [5.41, 5.74) is 0.000965. The maximum atomic E-state index is 13.1. The molecule has 1 aromatic carbocycles. The van der Waals surface area contributed by atoms with Gasteiger partial charge in [-0.3, -0.25) is 9.59 Å². The summed E-state index contributed by atoms with van der Waals surface area (Å²) in [6, 6.07) is 7.22. The molecule has 6 nitrogen and oxygen atoms in total. The first-order valence-corrected chi connectivity index (χ1v) is 11.1. The van der Waals surface area contributed by atoms with Crippen LogP contribution in [0.15, 0.2) is 24.3 Å². The second-order valence-corrected chi connectivity index (χ2v) is 8.11. The predicted molar refractivity (Wildman–Crippen MR) is 113 cm³/mol. The van der Waals surface area contributed by atoms with Crippen LogP contribution in [0, 0.1) is 0 Å². The molecular weight excluding hydrogens is 368 g/mol. The molecule has 6 heteroatoms. The largest absolute Gasteiger partial charge is 0.484 e. The summed E-state index contributed by atoms with van der Waals surface area (Å²) in [4.78, 5) is 27.0. The minimum Gasteiger partial charge on any atom is -0.484 e. The number of anilines is 1. The Kier molecular flexibility index (Phi) is 7.92. The number of benzene rings is 1. The van der Waals surface area contributed by atoms with E-state index in [1.54, 1.807) is 12.1 Å². The lowest BCUT2D eigenvalue weighted by Crippen LogP contribution is -2.45. The molecule has 2 amide bonds. The van der Waals surface area contributed by atoms with Crippen molar-refractivity contribution in [3.05, 3.63) is 24.3 Å². The molecule has 1 aliphatic carbocycles. The van der Waals surface area contributed by atoms with Gasteiger partial charge in [-0.15, -0.1) is 0 Å². The fourth-order valence-corrected chi connectivity index (χ4v) is 4.12. The van der Waals surface area contributed by atoms with Gasteiger partial charge in [0.25, 0.3) is 11.8 Å². The Morgan fingerprint density at radius 1 is 1.00 bits per heavy atom. The van der Waals surface area contributed by atoms with E-state index in [4.69, 9.17) is 9.47 Å². The zero-order chi connectivity index (χ0) is 20.5. The summed E-state index contributed by atoms with van der Waals surface area (Å²) in [6.45, 7) is 4.38. The monoisotopic (exact) mass is 402 g/mol. The molecule has 0 unspecified atom stereocenters. The number of nitrogens with one attached hydrogen (secondary N) is 1. The topological polar surface area (TPSA) is 67.9 Å². The highest BCUT2D eigenvalue weighted by Gasteiger charge is 2.39. The second kappa shape index (κ2) is 10.6. The Hall–Kier alpha value is -2.08. The van der Waals surface area contributed by atoms with Crippen molar-refractivity contribution in [3.63, 3.8) is 0 Å². The van der Waals surface area contributed by atoms with Gasteiger partial charge in [0.05, 0.1) is 0 Å². The third kappa shape index (κ3) is 5.95. The standard InChI is InChI=1S/C23H34N2O4/c1-2-17-29-23(13-5-3-4-6-14-23)22(27)24-19-9-11-20(12-10-19)28-18-21(26)25-15-7-8-16-25/h9-12H,2-8,13-18H2,1H3,(H,24,27). The number of amides is 2. The average molecular weight is 403 g/mol. The highest BCUT2D eigenvalue weighted by atomic mass is 16.5. The van der Waals surface area contributed by atoms with Crippen molar-refractivity contribution in [2.24, 2.45) is 0 Å². The van der Waals surface area contributed by atoms with E-state index in [0.29, 0.717) is 12.4 Å². The van der Waals surface area contributed by atoms with Crippen LogP contribution in [0.25, 0.3) is 0 Å². The number of hydrogen-bond acceptors (Lipinski definition) is 4. The first kappa shape index (κ1) is 21.6. The van der Waals surface area contributed by atoms with Crippen molar-refractivity contribution >= 4 is 17.5 Å². The summed E-state index contributed by atoms with van der Waals surface area (Å²) >= 11 is 0. The normalized spacial score (nSPS) is 18.9. The summed E-state index contributed by atoms with van der Waals surface area (Å²) in [5, 5.41) is 3.03. The van der Waals surface area contributed by atoms with Crippen LogP contribution in [0.3, 0.4) is 0 Å². The Bertz CT molecular complexity index is 660. The minimum atomic E-state index is -0.718. The van der Waals surface area contributed by atoms with Crippen molar-refractivity contribution < 1.29 is 19.1 Å². The van der Waals surface area contributed by atoms with Gasteiger partial charge in [-0.2, -0.15) is 0 Å². The molecule has 29 heavy (non-hydrogen) atoms. The van der Waals surface area contributed by atoms with E-state index in [0.717, 1.165) is 76.6 Å². The molecular formula is C23H34N2O4. The smallest absolute Gasteiger partial charge is 0.260 e. The summed E-state index contributed by atoms with van der Waals surface area (Å²) in [6.07, 6.45) is 8.96. The zero-order valence-electron chi connectivity index (χ0n) is 17.6. The fourth-order valence-electron chi connectivity index (χ4n) is 4.12. The molecule has 1 aromatic rings. The van der Waals surface area contributed by atoms with E-state index in [9.17, 15) is 9.59 Å². The van der Waals surface area contributed by atoms with Crippen LogP contribution in [-0.4, -0.2) is 48.6 Å². The molecule has 0 atom stereocenters. The first-order chi connectivity index (χ1) is 14.1. The van der Waals surface area contributed by atoms with Crippen molar-refractivity contribution in [1.82, 2.24) is 4.90 Å². The van der Waals surface area contributed by atoms with Gasteiger partial charge in [-0.05, 0) is 56.4 Å². The Morgan fingerprint density at radius 3 is 2.28 bits per heavy atom. The Morgan fingerprint density at radius 2 is 1.66 bits per heavy atom. The molecule has 1 heterocycles. The lowest BCUT2D eigenvalue weighted by molar-refractivity contribution is -0.143. The van der Waals surface area contributed by atoms with Crippen LogP contribution in [0.1, 0.15) is 64.7 Å². The first-order valence-electron chi connectivity index (χ1n) is 11.1. The highest BCUT2D eigenvalue weighted by Crippen LogP contribution is 2.32. The van der Waals surface area contributed by atoms with Crippen molar-refractivity contribution in [2.45, 2.75) is 70.3 Å². The van der Waals surface area contributed by atoms with Crippen molar-refractivity contribution in [2.75, 3.05) is 31.6 Å². The van der Waals surface area contributed by atoms with E-state index in [1.807, 2.05) is 17.0 Å². The maximum Gasteiger partial charge on any atom is 0.260 e. The molecule has 0 aromatic heterocycles. The van der Waals surface area contributed by atoms with E-state index in [-0.39, 0.29) is 18.4 Å². The van der Waals surface area contributed by atoms with E-state index >= 15 is 0 Å². The molecule has 1 saturated heterocycles. The molecule has 1 saturated carbocycles. The third-order valence-electron chi connectivity index (χ3n) is 5.84. The number of hydrogen-bond donors (Lipinski definition) is 1. The fraction of sp³-hybridized carbons (Fsp3) is 0.652. The average Bonchev–Trinajstić information content (AvgIpc) is 3.17. The number of carbonyl (C=O) groups excluding carboxylic acids is 2. The predicted octanol–water partition coefficient (Wildman–Crippen LogP) is 4.15. The summed E-state index contributed by atoms with van der Waals surface area (Å²) < 4.78 is 11.7. The number of likely N-dealkylation sites (tertiary alicyclic amines) is 1. The van der Waals surface area contributed by atoms with Gasteiger partial charge in [0.2, 0.25) is 0 Å². The molecule has 3 rings (SSSR count). The van der Waals surface area contributed by atoms with Crippen LogP contribution >= 0.6 is 0 Å². The van der Waals surface area contributed by atoms with Crippen LogP contribution in [0.4, 0.5) is 5.69 Å². The number of ether oxygens (including phenoxy) is 2. The van der Waals surface area contributed by atoms with Crippen LogP contribution in [0.5, 0.6) is 5.75 Å². The summed E-state index contributed by atoms with van der Waals surface area (Å²) in [7, 11) is 0. The van der Waals surface area contributed by atoms with Crippen LogP contribution in [0.2, 0.25) is 0 Å². The van der Waals surface area contributed by atoms with E-state index in [2.05, 4.69) is 12.2 Å².